The van der Waals surface area contributed by atoms with E-state index in [1.165, 1.54) is 5.56 Å². The van der Waals surface area contributed by atoms with Crippen LogP contribution in [0.4, 0.5) is 11.4 Å². The number of amides is 1. The molecule has 0 bridgehead atoms. The van der Waals surface area contributed by atoms with Crippen LogP contribution < -0.4 is 16.0 Å². The molecule has 2 aromatic rings. The maximum Gasteiger partial charge on any atom is 0.243 e. The van der Waals surface area contributed by atoms with Crippen molar-refractivity contribution in [3.63, 3.8) is 0 Å². The zero-order valence-corrected chi connectivity index (χ0v) is 13.8. The van der Waals surface area contributed by atoms with Gasteiger partial charge in [-0.1, -0.05) is 30.4 Å². The van der Waals surface area contributed by atoms with Gasteiger partial charge in [-0.3, -0.25) is 4.79 Å². The molecule has 0 spiro atoms. The summed E-state index contributed by atoms with van der Waals surface area (Å²) in [4.78, 5) is 14.8. The lowest BCUT2D eigenvalue weighted by Gasteiger charge is -2.24. The second-order valence-corrected chi connectivity index (χ2v) is 6.24. The Morgan fingerprint density at radius 1 is 1.26 bits per heavy atom. The Kier molecular flexibility index (Phi) is 4.30. The van der Waals surface area contributed by atoms with Crippen molar-refractivity contribution in [1.82, 2.24) is 0 Å². The Morgan fingerprint density at radius 3 is 2.65 bits per heavy atom. The summed E-state index contributed by atoms with van der Waals surface area (Å²) in [5.41, 5.74) is 9.56. The van der Waals surface area contributed by atoms with Gasteiger partial charge in [-0.15, -0.1) is 0 Å². The Labute approximate surface area is 141 Å². The second kappa shape index (κ2) is 6.38. The van der Waals surface area contributed by atoms with E-state index < -0.39 is 0 Å². The Bertz CT molecular complexity index is 742. The van der Waals surface area contributed by atoms with Crippen LogP contribution in [-0.2, 0) is 11.2 Å². The van der Waals surface area contributed by atoms with Crippen LogP contribution >= 0.6 is 12.2 Å². The summed E-state index contributed by atoms with van der Waals surface area (Å²) in [6.45, 7) is 2.49. The zero-order chi connectivity index (χ0) is 16.4. The van der Waals surface area contributed by atoms with Gasteiger partial charge in [0.05, 0.1) is 6.54 Å². The van der Waals surface area contributed by atoms with E-state index in [-0.39, 0.29) is 5.91 Å². The first-order valence-electron chi connectivity index (χ1n) is 7.59. The van der Waals surface area contributed by atoms with Crippen molar-refractivity contribution >= 4 is 34.5 Å². The molecule has 1 aliphatic rings. The van der Waals surface area contributed by atoms with E-state index in [9.17, 15) is 4.79 Å². The fraction of sp³-hybridized carbons (Fsp3) is 0.222. The topological polar surface area (TPSA) is 58.4 Å². The van der Waals surface area contributed by atoms with Crippen LogP contribution in [0.25, 0.3) is 0 Å². The smallest absolute Gasteiger partial charge is 0.243 e. The number of rotatable bonds is 4. The molecule has 0 radical (unpaired) electrons. The van der Waals surface area contributed by atoms with Crippen LogP contribution in [0.5, 0.6) is 0 Å². The van der Waals surface area contributed by atoms with E-state index >= 15 is 0 Å². The van der Waals surface area contributed by atoms with Crippen LogP contribution in [0.3, 0.4) is 0 Å². The largest absolute Gasteiger partial charge is 0.389 e. The third-order valence-corrected chi connectivity index (χ3v) is 4.35. The zero-order valence-electron chi connectivity index (χ0n) is 13.0. The molecule has 0 saturated carbocycles. The first-order chi connectivity index (χ1) is 11.0. The van der Waals surface area contributed by atoms with Crippen LogP contribution in [0.2, 0.25) is 0 Å². The number of hydrogen-bond donors (Lipinski definition) is 2. The van der Waals surface area contributed by atoms with E-state index in [0.29, 0.717) is 17.6 Å². The van der Waals surface area contributed by atoms with Gasteiger partial charge < -0.3 is 16.0 Å². The van der Waals surface area contributed by atoms with Crippen molar-refractivity contribution in [3.8, 4) is 0 Å². The maximum atomic E-state index is 12.3. The molecule has 0 fully saturated rings. The molecule has 1 amide bonds. The molecule has 3 rings (SSSR count). The summed E-state index contributed by atoms with van der Waals surface area (Å²) in [6.07, 6.45) is 0.978. The SMILES string of the molecule is CC1Cc2ccccc2N1CC(=O)Nc1ccc(C(N)=S)cc1. The number of para-hydroxylation sites is 1. The minimum Gasteiger partial charge on any atom is -0.389 e. The second-order valence-electron chi connectivity index (χ2n) is 5.80. The quantitative estimate of drug-likeness (QED) is 0.849. The van der Waals surface area contributed by atoms with Gasteiger partial charge in [-0.25, -0.2) is 0 Å². The van der Waals surface area contributed by atoms with E-state index in [1.807, 2.05) is 36.4 Å². The first-order valence-corrected chi connectivity index (χ1v) is 7.99. The number of nitrogens with one attached hydrogen (secondary N) is 1. The van der Waals surface area contributed by atoms with Crippen LogP contribution in [0.15, 0.2) is 48.5 Å². The summed E-state index contributed by atoms with van der Waals surface area (Å²) in [6, 6.07) is 15.8. The molecule has 0 aromatic heterocycles. The fourth-order valence-electron chi connectivity index (χ4n) is 2.94. The molecule has 118 valence electrons. The van der Waals surface area contributed by atoms with Crippen molar-refractivity contribution in [2.45, 2.75) is 19.4 Å². The van der Waals surface area contributed by atoms with Crippen molar-refractivity contribution in [2.75, 3.05) is 16.8 Å². The molecule has 23 heavy (non-hydrogen) atoms. The number of nitrogens with zero attached hydrogens (tertiary/aromatic N) is 1. The van der Waals surface area contributed by atoms with Crippen molar-refractivity contribution < 1.29 is 4.79 Å². The van der Waals surface area contributed by atoms with E-state index in [0.717, 1.165) is 23.4 Å². The molecule has 2 aromatic carbocycles. The molecular weight excluding hydrogens is 306 g/mol. The van der Waals surface area contributed by atoms with E-state index in [2.05, 4.69) is 29.3 Å². The van der Waals surface area contributed by atoms with Crippen LogP contribution in [0, 0.1) is 0 Å². The molecule has 4 nitrogen and oxygen atoms in total. The summed E-state index contributed by atoms with van der Waals surface area (Å²) in [5.74, 6) is -0.0309. The molecule has 3 N–H and O–H groups in total. The Balaban J connectivity index is 1.67. The van der Waals surface area contributed by atoms with Crippen molar-refractivity contribution in [2.24, 2.45) is 5.73 Å². The number of hydrogen-bond acceptors (Lipinski definition) is 3. The molecule has 1 aliphatic heterocycles. The maximum absolute atomic E-state index is 12.3. The molecule has 1 unspecified atom stereocenters. The highest BCUT2D eigenvalue weighted by molar-refractivity contribution is 7.80. The molecule has 5 heteroatoms. The summed E-state index contributed by atoms with van der Waals surface area (Å²) >= 11 is 4.92. The summed E-state index contributed by atoms with van der Waals surface area (Å²) in [7, 11) is 0. The number of anilines is 2. The minimum atomic E-state index is -0.0309. The number of thiocarbonyl (C=S) groups is 1. The van der Waals surface area contributed by atoms with Gasteiger partial charge in [0, 0.05) is 23.0 Å². The standard InChI is InChI=1S/C18H19N3OS/c1-12-10-14-4-2-3-5-16(14)21(12)11-17(22)20-15-8-6-13(7-9-15)18(19)23/h2-9,12H,10-11H2,1H3,(H2,19,23)(H,20,22). The summed E-state index contributed by atoms with van der Waals surface area (Å²) in [5, 5.41) is 2.92. The number of carbonyl (C=O) groups excluding carboxylic acids is 1. The molecular formula is C18H19N3OS. The lowest BCUT2D eigenvalue weighted by molar-refractivity contribution is -0.115. The average Bonchev–Trinajstić information content (AvgIpc) is 2.84. The molecule has 1 atom stereocenters. The molecule has 0 aliphatic carbocycles. The van der Waals surface area contributed by atoms with Gasteiger partial charge in [0.25, 0.3) is 0 Å². The first kappa shape index (κ1) is 15.5. The molecule has 0 saturated heterocycles. The van der Waals surface area contributed by atoms with Gasteiger partial charge in [0.15, 0.2) is 0 Å². The van der Waals surface area contributed by atoms with Crippen LogP contribution in [0.1, 0.15) is 18.1 Å². The normalized spacial score (nSPS) is 16.0. The van der Waals surface area contributed by atoms with Gasteiger partial charge >= 0.3 is 0 Å². The average molecular weight is 325 g/mol. The number of benzene rings is 2. The monoisotopic (exact) mass is 325 g/mol. The Morgan fingerprint density at radius 2 is 1.96 bits per heavy atom. The predicted molar refractivity (Wildman–Crippen MR) is 97.9 cm³/mol. The predicted octanol–water partition coefficient (Wildman–Crippen LogP) is 2.71. The third kappa shape index (κ3) is 3.35. The molecule has 1 heterocycles. The lowest BCUT2D eigenvalue weighted by Crippen LogP contribution is -2.37. The van der Waals surface area contributed by atoms with Crippen molar-refractivity contribution in [1.29, 1.82) is 0 Å². The number of nitrogens with two attached hydrogens (primary N) is 1. The van der Waals surface area contributed by atoms with Gasteiger partial charge in [-0.05, 0) is 49.2 Å². The number of fused-ring (bicyclic) bond motifs is 1. The lowest BCUT2D eigenvalue weighted by atomic mass is 10.1. The third-order valence-electron chi connectivity index (χ3n) is 4.12. The van der Waals surface area contributed by atoms with E-state index in [4.69, 9.17) is 18.0 Å². The van der Waals surface area contributed by atoms with Gasteiger partial charge in [0.1, 0.15) is 4.99 Å². The van der Waals surface area contributed by atoms with Gasteiger partial charge in [-0.2, -0.15) is 0 Å². The Hall–Kier alpha value is -2.40. The highest BCUT2D eigenvalue weighted by Crippen LogP contribution is 2.31. The van der Waals surface area contributed by atoms with Gasteiger partial charge in [0.2, 0.25) is 5.91 Å². The minimum absolute atomic E-state index is 0.0309. The fourth-order valence-corrected chi connectivity index (χ4v) is 3.08. The highest BCUT2D eigenvalue weighted by Gasteiger charge is 2.26. The highest BCUT2D eigenvalue weighted by atomic mass is 32.1. The number of carbonyl (C=O) groups is 1. The van der Waals surface area contributed by atoms with Crippen molar-refractivity contribution in [3.05, 3.63) is 59.7 Å². The van der Waals surface area contributed by atoms with Crippen LogP contribution in [-0.4, -0.2) is 23.5 Å². The summed E-state index contributed by atoms with van der Waals surface area (Å²) < 4.78 is 0. The van der Waals surface area contributed by atoms with E-state index in [1.54, 1.807) is 0 Å².